The van der Waals surface area contributed by atoms with Gasteiger partial charge in [0.2, 0.25) is 0 Å². The minimum absolute atomic E-state index is 0.356. The second kappa shape index (κ2) is 2.54. The van der Waals surface area contributed by atoms with Gasteiger partial charge >= 0.3 is 0 Å². The van der Waals surface area contributed by atoms with Gasteiger partial charge in [-0.2, -0.15) is 0 Å². The van der Waals surface area contributed by atoms with Crippen molar-refractivity contribution in [2.45, 2.75) is 19.1 Å². The topological polar surface area (TPSA) is 20.2 Å². The standard InChI is InChI=1S/C3H8OS/c1-3(2)5-4/h3-4H,1-2H3. The summed E-state index contributed by atoms with van der Waals surface area (Å²) in [5, 5.41) is 0.356. The van der Waals surface area contributed by atoms with Gasteiger partial charge in [0, 0.05) is 5.25 Å². The molecule has 0 bridgehead atoms. The lowest BCUT2D eigenvalue weighted by Gasteiger charge is -1.88. The van der Waals surface area contributed by atoms with Gasteiger partial charge in [0.15, 0.2) is 0 Å². The van der Waals surface area contributed by atoms with Crippen LogP contribution < -0.4 is 0 Å². The zero-order valence-electron chi connectivity index (χ0n) is 3.43. The SMILES string of the molecule is CC(C)SO. The molecular weight excluding hydrogens is 84.1 g/mol. The highest BCUT2D eigenvalue weighted by Crippen LogP contribution is 1.99. The average Bonchev–Trinajstić information content (AvgIpc) is 1.38. The van der Waals surface area contributed by atoms with Crippen LogP contribution >= 0.6 is 12.0 Å². The van der Waals surface area contributed by atoms with Gasteiger partial charge in [-0.3, -0.25) is 0 Å². The monoisotopic (exact) mass is 92.0 g/mol. The van der Waals surface area contributed by atoms with Crippen LogP contribution in [0.1, 0.15) is 13.8 Å². The van der Waals surface area contributed by atoms with Gasteiger partial charge in [0.05, 0.1) is 0 Å². The summed E-state index contributed by atoms with van der Waals surface area (Å²) in [5.74, 6) is 0. The Labute approximate surface area is 36.6 Å². The summed E-state index contributed by atoms with van der Waals surface area (Å²) >= 11 is 0.880. The van der Waals surface area contributed by atoms with Crippen LogP contribution in [-0.4, -0.2) is 9.80 Å². The first kappa shape index (κ1) is 5.31. The second-order valence-electron chi connectivity index (χ2n) is 1.15. The normalized spacial score (nSPS) is 9.60. The maximum Gasteiger partial charge on any atom is 0.0252 e. The molecule has 0 aromatic heterocycles. The van der Waals surface area contributed by atoms with E-state index in [0.717, 1.165) is 12.0 Å². The maximum atomic E-state index is 8.06. The fraction of sp³-hybridized carbons (Fsp3) is 1.00. The van der Waals surface area contributed by atoms with Gasteiger partial charge in [-0.1, -0.05) is 13.8 Å². The van der Waals surface area contributed by atoms with E-state index in [0.29, 0.717) is 5.25 Å². The summed E-state index contributed by atoms with van der Waals surface area (Å²) < 4.78 is 8.06. The zero-order chi connectivity index (χ0) is 4.28. The molecule has 0 aliphatic heterocycles. The van der Waals surface area contributed by atoms with Crippen molar-refractivity contribution in [3.05, 3.63) is 0 Å². The Morgan fingerprint density at radius 2 is 1.80 bits per heavy atom. The summed E-state index contributed by atoms with van der Waals surface area (Å²) in [4.78, 5) is 0. The molecule has 2 heteroatoms. The van der Waals surface area contributed by atoms with E-state index in [1.54, 1.807) is 0 Å². The molecule has 0 atom stereocenters. The smallest absolute Gasteiger partial charge is 0.0252 e. The molecule has 0 aromatic carbocycles. The van der Waals surface area contributed by atoms with Gasteiger partial charge < -0.3 is 4.55 Å². The molecule has 0 heterocycles. The predicted octanol–water partition coefficient (Wildman–Crippen LogP) is 1.60. The van der Waals surface area contributed by atoms with E-state index in [1.165, 1.54) is 0 Å². The molecule has 1 nitrogen and oxygen atoms in total. The van der Waals surface area contributed by atoms with Crippen molar-refractivity contribution in [2.24, 2.45) is 0 Å². The Hall–Kier alpha value is 0.310. The molecule has 0 fully saturated rings. The van der Waals surface area contributed by atoms with Crippen molar-refractivity contribution in [2.75, 3.05) is 0 Å². The first-order valence-corrected chi connectivity index (χ1v) is 2.41. The maximum absolute atomic E-state index is 8.06. The summed E-state index contributed by atoms with van der Waals surface area (Å²) in [5.41, 5.74) is 0. The molecule has 0 radical (unpaired) electrons. The highest BCUT2D eigenvalue weighted by atomic mass is 32.2. The lowest BCUT2D eigenvalue weighted by atomic mass is 10.6. The highest BCUT2D eigenvalue weighted by molar-refractivity contribution is 7.94. The van der Waals surface area contributed by atoms with Crippen molar-refractivity contribution >= 4 is 12.0 Å². The van der Waals surface area contributed by atoms with Gasteiger partial charge in [0.1, 0.15) is 0 Å². The number of hydrogen-bond acceptors (Lipinski definition) is 2. The van der Waals surface area contributed by atoms with E-state index in [1.807, 2.05) is 13.8 Å². The summed E-state index contributed by atoms with van der Waals surface area (Å²) in [6.45, 7) is 3.87. The first-order valence-electron chi connectivity index (χ1n) is 1.57. The number of hydrogen-bond donors (Lipinski definition) is 1. The molecule has 32 valence electrons. The van der Waals surface area contributed by atoms with Crippen LogP contribution in [0.3, 0.4) is 0 Å². The molecule has 0 spiro atoms. The van der Waals surface area contributed by atoms with E-state index in [9.17, 15) is 0 Å². The van der Waals surface area contributed by atoms with Gasteiger partial charge in [-0.05, 0) is 12.0 Å². The second-order valence-corrected chi connectivity index (χ2v) is 2.31. The van der Waals surface area contributed by atoms with Crippen LogP contribution in [0.2, 0.25) is 0 Å². The van der Waals surface area contributed by atoms with Gasteiger partial charge in [0.25, 0.3) is 0 Å². The van der Waals surface area contributed by atoms with Crippen LogP contribution in [0.25, 0.3) is 0 Å². The third-order valence-electron chi connectivity index (χ3n) is 0.211. The molecular formula is C3H8OS. The third kappa shape index (κ3) is 4.31. The van der Waals surface area contributed by atoms with E-state index < -0.39 is 0 Å². The van der Waals surface area contributed by atoms with Crippen LogP contribution in [0.15, 0.2) is 0 Å². The Kier molecular flexibility index (Phi) is 2.70. The molecule has 0 aromatic rings. The molecule has 0 rings (SSSR count). The average molecular weight is 92.2 g/mol. The van der Waals surface area contributed by atoms with Gasteiger partial charge in [-0.15, -0.1) is 0 Å². The predicted molar refractivity (Wildman–Crippen MR) is 25.4 cm³/mol. The van der Waals surface area contributed by atoms with E-state index in [2.05, 4.69) is 0 Å². The summed E-state index contributed by atoms with van der Waals surface area (Å²) in [7, 11) is 0. The van der Waals surface area contributed by atoms with Crippen LogP contribution in [-0.2, 0) is 0 Å². The quantitative estimate of drug-likeness (QED) is 0.496. The lowest BCUT2D eigenvalue weighted by Crippen LogP contribution is -1.80. The molecule has 0 unspecified atom stereocenters. The third-order valence-corrected chi connectivity index (χ3v) is 0.632. The van der Waals surface area contributed by atoms with Crippen molar-refractivity contribution in [3.8, 4) is 0 Å². The van der Waals surface area contributed by atoms with Crippen molar-refractivity contribution in [1.29, 1.82) is 0 Å². The molecule has 0 amide bonds. The Bertz CT molecular complexity index is 20.9. The minimum Gasteiger partial charge on any atom is -0.330 e. The molecule has 5 heavy (non-hydrogen) atoms. The Morgan fingerprint density at radius 1 is 1.60 bits per heavy atom. The summed E-state index contributed by atoms with van der Waals surface area (Å²) in [6, 6.07) is 0. The summed E-state index contributed by atoms with van der Waals surface area (Å²) in [6.07, 6.45) is 0. The van der Waals surface area contributed by atoms with Crippen LogP contribution in [0.5, 0.6) is 0 Å². The molecule has 0 saturated heterocycles. The molecule has 0 aliphatic carbocycles. The van der Waals surface area contributed by atoms with Crippen molar-refractivity contribution in [1.82, 2.24) is 0 Å². The number of rotatable bonds is 1. The molecule has 0 saturated carbocycles. The van der Waals surface area contributed by atoms with Crippen LogP contribution in [0.4, 0.5) is 0 Å². The minimum atomic E-state index is 0.356. The Balaban J connectivity index is 2.54. The molecule has 1 N–H and O–H groups in total. The lowest BCUT2D eigenvalue weighted by molar-refractivity contribution is 0.655. The van der Waals surface area contributed by atoms with Gasteiger partial charge in [-0.25, -0.2) is 0 Å². The molecule has 0 aliphatic rings. The van der Waals surface area contributed by atoms with Crippen molar-refractivity contribution in [3.63, 3.8) is 0 Å². The van der Waals surface area contributed by atoms with Crippen molar-refractivity contribution < 1.29 is 4.55 Å². The fourth-order valence-corrected chi connectivity index (χ4v) is 0. The Morgan fingerprint density at radius 3 is 1.80 bits per heavy atom. The zero-order valence-corrected chi connectivity index (χ0v) is 4.25. The van der Waals surface area contributed by atoms with E-state index >= 15 is 0 Å². The fourth-order valence-electron chi connectivity index (χ4n) is 0. The first-order chi connectivity index (χ1) is 2.27. The highest BCUT2D eigenvalue weighted by Gasteiger charge is 1.82. The van der Waals surface area contributed by atoms with E-state index in [4.69, 9.17) is 4.55 Å². The van der Waals surface area contributed by atoms with Crippen LogP contribution in [0, 0.1) is 0 Å². The van der Waals surface area contributed by atoms with E-state index in [-0.39, 0.29) is 0 Å². The largest absolute Gasteiger partial charge is 0.330 e.